The summed E-state index contributed by atoms with van der Waals surface area (Å²) in [6.45, 7) is 7.02. The first-order chi connectivity index (χ1) is 37.7. The van der Waals surface area contributed by atoms with Gasteiger partial charge in [-0.3, -0.25) is 57.9 Å². The number of phenols is 1. The molecule has 448 valence electrons. The summed E-state index contributed by atoms with van der Waals surface area (Å²) in [5, 5.41) is 40.9. The number of hydrogen-bond donors (Lipinski definition) is 14. The number of guanidine groups is 2. The minimum absolute atomic E-state index is 0.00548. The second-order valence-corrected chi connectivity index (χ2v) is 21.0. The number of nitrogens with one attached hydrogen (secondary N) is 4. The molecule has 27 heteroatoms. The molecule has 27 nitrogen and oxygen atoms in total. The number of aliphatic hydroxyl groups is 1. The molecule has 21 N–H and O–H groups in total. The van der Waals surface area contributed by atoms with Gasteiger partial charge in [0.05, 0.1) is 30.5 Å². The van der Waals surface area contributed by atoms with Crippen molar-refractivity contribution in [3.05, 3.63) is 29.8 Å². The Morgan fingerprint density at radius 2 is 1.19 bits per heavy atom. The molecular formula is C53H88N14O13. The lowest BCUT2D eigenvalue weighted by Gasteiger charge is -2.29. The normalized spacial score (nSPS) is 16.5. The number of nitrogens with two attached hydrogens (primary N) is 7. The lowest BCUT2D eigenvalue weighted by atomic mass is 9.87. The number of carbonyl (C=O) groups excluding carboxylic acids is 9. The van der Waals surface area contributed by atoms with Gasteiger partial charge in [-0.15, -0.1) is 0 Å². The Labute approximate surface area is 467 Å². The summed E-state index contributed by atoms with van der Waals surface area (Å²) in [5.74, 6) is -12.7. The van der Waals surface area contributed by atoms with Gasteiger partial charge in [-0.25, -0.2) is 0 Å². The van der Waals surface area contributed by atoms with Crippen LogP contribution in [0.5, 0.6) is 5.75 Å². The van der Waals surface area contributed by atoms with Gasteiger partial charge < -0.3 is 81.6 Å². The summed E-state index contributed by atoms with van der Waals surface area (Å²) in [5.41, 5.74) is 39.6. The van der Waals surface area contributed by atoms with Crippen LogP contribution in [0, 0.1) is 29.6 Å². The van der Waals surface area contributed by atoms with E-state index >= 15 is 0 Å². The fourth-order valence-electron chi connectivity index (χ4n) is 9.39. The summed E-state index contributed by atoms with van der Waals surface area (Å²) in [6.07, 6.45) is -1.41. The van der Waals surface area contributed by atoms with Crippen molar-refractivity contribution in [1.29, 1.82) is 0 Å². The lowest BCUT2D eigenvalue weighted by Crippen LogP contribution is -2.59. The fraction of sp³-hybridized carbons (Fsp3) is 0.660. The molecule has 1 aliphatic heterocycles. The number of aromatic hydroxyl groups is 1. The number of nitrogens with zero attached hydrogens (tertiary/aromatic N) is 3. The molecule has 1 aromatic rings. The number of aliphatic hydroxyl groups excluding tert-OH is 1. The predicted molar refractivity (Wildman–Crippen MR) is 297 cm³/mol. The number of likely N-dealkylation sites (tertiary alicyclic amines) is 1. The second kappa shape index (κ2) is 35.4. The van der Waals surface area contributed by atoms with E-state index in [1.165, 1.54) is 29.2 Å². The number of unbranched alkanes of at least 4 members (excludes halogenated alkanes) is 1. The first-order valence-electron chi connectivity index (χ1n) is 27.3. The Balaban J connectivity index is 2.40. The maximum absolute atomic E-state index is 14.5. The van der Waals surface area contributed by atoms with Gasteiger partial charge in [-0.1, -0.05) is 32.9 Å². The first kappa shape index (κ1) is 68.8. The van der Waals surface area contributed by atoms with Crippen molar-refractivity contribution in [2.75, 3.05) is 32.7 Å². The van der Waals surface area contributed by atoms with Gasteiger partial charge in [0.1, 0.15) is 23.9 Å². The highest BCUT2D eigenvalue weighted by molar-refractivity contribution is 5.99. The number of rotatable bonds is 39. The summed E-state index contributed by atoms with van der Waals surface area (Å²) < 4.78 is 0. The number of hydrogen-bond acceptors (Lipinski definition) is 16. The van der Waals surface area contributed by atoms with E-state index in [4.69, 9.17) is 40.1 Å². The quantitative estimate of drug-likeness (QED) is 0.0189. The third-order valence-corrected chi connectivity index (χ3v) is 13.7. The van der Waals surface area contributed by atoms with Crippen molar-refractivity contribution in [2.24, 2.45) is 79.7 Å². The molecule has 0 aliphatic carbocycles. The van der Waals surface area contributed by atoms with E-state index in [1.807, 2.05) is 13.8 Å². The molecule has 6 amide bonds. The van der Waals surface area contributed by atoms with Crippen LogP contribution >= 0.6 is 0 Å². The zero-order valence-corrected chi connectivity index (χ0v) is 46.6. The maximum Gasteiger partial charge on any atom is 0.304 e. The molecule has 0 spiro atoms. The highest BCUT2D eigenvalue weighted by atomic mass is 16.4. The highest BCUT2D eigenvalue weighted by Gasteiger charge is 2.39. The number of ketones is 3. The van der Waals surface area contributed by atoms with Crippen molar-refractivity contribution in [3.63, 3.8) is 0 Å². The summed E-state index contributed by atoms with van der Waals surface area (Å²) in [4.78, 5) is 145. The van der Waals surface area contributed by atoms with Crippen LogP contribution in [0.25, 0.3) is 0 Å². The Kier molecular flexibility index (Phi) is 30.4. The molecule has 0 unspecified atom stereocenters. The van der Waals surface area contributed by atoms with Crippen molar-refractivity contribution >= 4 is 70.7 Å². The number of aliphatic carboxylic acids is 1. The lowest BCUT2D eigenvalue weighted by molar-refractivity contribution is -0.143. The number of amides is 6. The molecule has 1 fully saturated rings. The van der Waals surface area contributed by atoms with Crippen molar-refractivity contribution in [1.82, 2.24) is 26.2 Å². The number of carboxylic acid groups (broad SMARTS) is 1. The van der Waals surface area contributed by atoms with Crippen molar-refractivity contribution < 1.29 is 63.3 Å². The Morgan fingerprint density at radius 3 is 1.70 bits per heavy atom. The van der Waals surface area contributed by atoms with Crippen molar-refractivity contribution in [2.45, 2.75) is 160 Å². The highest BCUT2D eigenvalue weighted by Crippen LogP contribution is 2.24. The average Bonchev–Trinajstić information content (AvgIpc) is 3.88. The van der Waals surface area contributed by atoms with Gasteiger partial charge in [0.15, 0.2) is 29.3 Å². The summed E-state index contributed by atoms with van der Waals surface area (Å²) in [6, 6.07) is -0.883. The molecule has 1 aliphatic rings. The number of Topliss-reactive ketones (excluding diaryl/α,β-unsaturated/α-hetero) is 3. The Bertz CT molecular complexity index is 2310. The molecule has 2 rings (SSSR count). The number of carboxylic acids is 1. The molecular weight excluding hydrogens is 1040 g/mol. The van der Waals surface area contributed by atoms with Gasteiger partial charge in [0.25, 0.3) is 0 Å². The SMILES string of the molecule is CC(C)C[C@H](CC(=O)[C@H](CCCN=C(N)N)NC(=O)[C@@H](CC(=O)[C@H](CCCCN)NC(=O)[C@H](CC(=O)O)CC(=O)[C@@H](NC(=O)[C@H](CN)NC(=O)[C@@H]1CCCN1C(=O)[C@@H](C)CCCN=C(N)N)[C@@H](C)O)Cc1ccc(O)cc1)C(N)=O. The molecule has 10 atom stereocenters. The maximum atomic E-state index is 14.5. The molecule has 0 radical (unpaired) electrons. The predicted octanol–water partition coefficient (Wildman–Crippen LogP) is -2.19. The van der Waals surface area contributed by atoms with Crippen LogP contribution in [0.15, 0.2) is 34.3 Å². The average molecular weight is 1130 g/mol. The molecule has 1 heterocycles. The molecule has 0 aromatic heterocycles. The van der Waals surface area contributed by atoms with Gasteiger partial charge in [-0.2, -0.15) is 0 Å². The van der Waals surface area contributed by atoms with E-state index < -0.39 is 139 Å². The number of primary amides is 1. The van der Waals surface area contributed by atoms with Crippen LogP contribution in [-0.2, 0) is 54.4 Å². The largest absolute Gasteiger partial charge is 0.508 e. The summed E-state index contributed by atoms with van der Waals surface area (Å²) in [7, 11) is 0. The second-order valence-electron chi connectivity index (χ2n) is 21.0. The zero-order valence-electron chi connectivity index (χ0n) is 46.6. The van der Waals surface area contributed by atoms with Gasteiger partial charge >= 0.3 is 5.97 Å². The number of phenolic OH excluding ortho intramolecular Hbond substituents is 1. The number of benzene rings is 1. The minimum atomic E-state index is -1.75. The first-order valence-corrected chi connectivity index (χ1v) is 27.3. The van der Waals surface area contributed by atoms with Crippen LogP contribution in [0.1, 0.15) is 123 Å². The van der Waals surface area contributed by atoms with E-state index in [2.05, 4.69) is 31.3 Å². The van der Waals surface area contributed by atoms with Crippen LogP contribution in [0.4, 0.5) is 0 Å². The Morgan fingerprint density at radius 1 is 0.650 bits per heavy atom. The van der Waals surface area contributed by atoms with E-state index in [-0.39, 0.29) is 87.7 Å². The summed E-state index contributed by atoms with van der Waals surface area (Å²) >= 11 is 0. The van der Waals surface area contributed by atoms with Crippen molar-refractivity contribution in [3.8, 4) is 5.75 Å². The van der Waals surface area contributed by atoms with E-state index in [9.17, 15) is 63.3 Å². The number of aliphatic imine (C=N–C) groups is 2. The molecule has 0 saturated carbocycles. The van der Waals surface area contributed by atoms with E-state index in [0.717, 1.165) is 6.92 Å². The van der Waals surface area contributed by atoms with Gasteiger partial charge in [0.2, 0.25) is 35.4 Å². The number of carbonyl (C=O) groups is 10. The Hall–Kier alpha value is -7.26. The standard InChI is InChI=1S/C53H88N14O13/c1-29(2)22-33(46(56)75)24-41(70)38(12-8-20-62-53(59)60)64-47(76)34(23-32-14-16-36(69)17-15-32)25-42(71)37(11-5-6-18-54)63-48(77)35(27-44(73)74)26-43(72)45(31(4)68)66-49(78)39(28-55)65-50(79)40-13-9-21-67(40)51(80)30(3)10-7-19-61-52(57)58/h14-17,29-31,33-35,37-40,45,68-69H,5-13,18-28,54-55H2,1-4H3,(H2,56,75)(H,63,77)(H,64,76)(H,65,79)(H,66,78)(H,73,74)(H4,57,58,61)(H4,59,60,62)/t30-,31+,33+,34+,35-,37-,38-,39-,40-,45-/m0/s1. The van der Waals surface area contributed by atoms with Gasteiger partial charge in [0, 0.05) is 63.2 Å². The zero-order chi connectivity index (χ0) is 60.2. The van der Waals surface area contributed by atoms with E-state index in [1.54, 1.807) is 6.92 Å². The fourth-order valence-corrected chi connectivity index (χ4v) is 9.39. The molecule has 1 saturated heterocycles. The smallest absolute Gasteiger partial charge is 0.304 e. The topological polar surface area (TPSA) is 490 Å². The van der Waals surface area contributed by atoms with Crippen LogP contribution < -0.4 is 61.4 Å². The molecule has 0 bridgehead atoms. The minimum Gasteiger partial charge on any atom is -0.508 e. The monoisotopic (exact) mass is 1130 g/mol. The van der Waals surface area contributed by atoms with Crippen LogP contribution in [0.2, 0.25) is 0 Å². The molecule has 80 heavy (non-hydrogen) atoms. The van der Waals surface area contributed by atoms with Gasteiger partial charge in [-0.05, 0) is 108 Å². The van der Waals surface area contributed by atoms with Crippen LogP contribution in [0.3, 0.4) is 0 Å². The van der Waals surface area contributed by atoms with E-state index in [0.29, 0.717) is 50.6 Å². The third-order valence-electron chi connectivity index (χ3n) is 13.7. The van der Waals surface area contributed by atoms with Crippen LogP contribution in [-0.4, -0.2) is 160 Å². The molecule has 1 aromatic carbocycles. The third kappa shape index (κ3) is 24.8.